The van der Waals surface area contributed by atoms with Crippen LogP contribution in [-0.2, 0) is 20.2 Å². The van der Waals surface area contributed by atoms with Gasteiger partial charge in [0.15, 0.2) is 0 Å². The summed E-state index contributed by atoms with van der Waals surface area (Å²) in [5.41, 5.74) is 9.23. The van der Waals surface area contributed by atoms with E-state index in [2.05, 4.69) is 22.8 Å². The van der Waals surface area contributed by atoms with Crippen molar-refractivity contribution in [3.8, 4) is 5.75 Å². The third kappa shape index (κ3) is 2.75. The lowest BCUT2D eigenvalue weighted by molar-refractivity contribution is 0.298. The molecule has 0 bridgehead atoms. The first kappa shape index (κ1) is 14.0. The fourth-order valence-electron chi connectivity index (χ4n) is 2.57. The minimum Gasteiger partial charge on any atom is -0.487 e. The van der Waals surface area contributed by atoms with E-state index in [9.17, 15) is 0 Å². The normalized spacial score (nSPS) is 11.0. The van der Waals surface area contributed by atoms with E-state index < -0.39 is 0 Å². The third-order valence-corrected chi connectivity index (χ3v) is 3.88. The molecule has 0 amide bonds. The molecule has 0 saturated heterocycles. The summed E-state index contributed by atoms with van der Waals surface area (Å²) in [7, 11) is 2.04. The highest BCUT2D eigenvalue weighted by molar-refractivity contribution is 6.30. The van der Waals surface area contributed by atoms with Crippen LogP contribution in [-0.4, -0.2) is 4.57 Å². The molecular weight excluding hydrogens is 284 g/mol. The van der Waals surface area contributed by atoms with Crippen molar-refractivity contribution < 1.29 is 4.74 Å². The Kier molecular flexibility index (Phi) is 3.86. The summed E-state index contributed by atoms with van der Waals surface area (Å²) in [4.78, 5) is 0. The van der Waals surface area contributed by atoms with Crippen molar-refractivity contribution in [1.82, 2.24) is 4.57 Å². The fraction of sp³-hybridized carbons (Fsp3) is 0.176. The average Bonchev–Trinajstić information content (AvgIpc) is 2.82. The summed E-state index contributed by atoms with van der Waals surface area (Å²) in [6, 6.07) is 15.8. The van der Waals surface area contributed by atoms with Gasteiger partial charge in [-0.2, -0.15) is 0 Å². The summed E-state index contributed by atoms with van der Waals surface area (Å²) in [5, 5.41) is 1.86. The molecule has 0 aliphatic rings. The molecule has 21 heavy (non-hydrogen) atoms. The highest BCUT2D eigenvalue weighted by Crippen LogP contribution is 2.24. The van der Waals surface area contributed by atoms with Crippen molar-refractivity contribution in [2.45, 2.75) is 13.2 Å². The minimum absolute atomic E-state index is 0.496. The zero-order valence-corrected chi connectivity index (χ0v) is 12.6. The van der Waals surface area contributed by atoms with Crippen LogP contribution in [0.1, 0.15) is 11.3 Å². The Labute approximate surface area is 128 Å². The Morgan fingerprint density at radius 3 is 2.71 bits per heavy atom. The van der Waals surface area contributed by atoms with Gasteiger partial charge in [0.05, 0.1) is 11.2 Å². The molecule has 2 aromatic carbocycles. The minimum atomic E-state index is 0.496. The van der Waals surface area contributed by atoms with Gasteiger partial charge in [-0.3, -0.25) is 0 Å². The van der Waals surface area contributed by atoms with Gasteiger partial charge < -0.3 is 15.0 Å². The Morgan fingerprint density at radius 1 is 1.14 bits per heavy atom. The van der Waals surface area contributed by atoms with Crippen molar-refractivity contribution >= 4 is 22.5 Å². The van der Waals surface area contributed by atoms with Gasteiger partial charge in [-0.1, -0.05) is 35.9 Å². The number of nitrogens with two attached hydrogens (primary N) is 1. The number of aryl methyl sites for hydroxylation is 1. The molecular formula is C17H17ClN2O. The number of para-hydroxylation sites is 1. The topological polar surface area (TPSA) is 40.2 Å². The first-order valence-electron chi connectivity index (χ1n) is 6.83. The highest BCUT2D eigenvalue weighted by atomic mass is 35.5. The van der Waals surface area contributed by atoms with Crippen LogP contribution < -0.4 is 10.5 Å². The molecule has 1 aromatic heterocycles. The van der Waals surface area contributed by atoms with E-state index in [1.54, 1.807) is 0 Å². The molecule has 4 heteroatoms. The first-order chi connectivity index (χ1) is 10.2. The first-order valence-corrected chi connectivity index (χ1v) is 7.21. The van der Waals surface area contributed by atoms with Crippen molar-refractivity contribution in [3.05, 3.63) is 64.8 Å². The zero-order chi connectivity index (χ0) is 14.8. The molecule has 3 aromatic rings. The van der Waals surface area contributed by atoms with E-state index >= 15 is 0 Å². The van der Waals surface area contributed by atoms with Crippen molar-refractivity contribution in [3.63, 3.8) is 0 Å². The maximum atomic E-state index is 5.96. The number of aromatic nitrogens is 1. The van der Waals surface area contributed by atoms with Gasteiger partial charge in [-0.25, -0.2) is 0 Å². The monoisotopic (exact) mass is 300 g/mol. The molecule has 0 unspecified atom stereocenters. The number of hydrogen-bond acceptors (Lipinski definition) is 2. The standard InChI is InChI=1S/C17H17ClN2O/c1-20-15(11-21-16-7-3-6-14(18)9-16)8-12-4-2-5-13(10-19)17(12)20/h2-9H,10-11,19H2,1H3. The summed E-state index contributed by atoms with van der Waals surface area (Å²) in [5.74, 6) is 0.770. The Bertz CT molecular complexity index is 780. The van der Waals surface area contributed by atoms with Crippen molar-refractivity contribution in [1.29, 1.82) is 0 Å². The van der Waals surface area contributed by atoms with Gasteiger partial charge in [0.1, 0.15) is 12.4 Å². The molecule has 0 aliphatic heterocycles. The maximum Gasteiger partial charge on any atom is 0.128 e. The molecule has 0 spiro atoms. The lowest BCUT2D eigenvalue weighted by Crippen LogP contribution is -2.04. The SMILES string of the molecule is Cn1c(COc2cccc(Cl)c2)cc2cccc(CN)c21. The van der Waals surface area contributed by atoms with Crippen molar-refractivity contribution in [2.75, 3.05) is 0 Å². The predicted octanol–water partition coefficient (Wildman–Crippen LogP) is 3.87. The van der Waals surface area contributed by atoms with Gasteiger partial charge in [0.2, 0.25) is 0 Å². The molecule has 0 fully saturated rings. The predicted molar refractivity (Wildman–Crippen MR) is 86.6 cm³/mol. The second kappa shape index (κ2) is 5.80. The van der Waals surface area contributed by atoms with E-state index in [1.807, 2.05) is 37.4 Å². The van der Waals surface area contributed by atoms with Crippen LogP contribution in [0.3, 0.4) is 0 Å². The van der Waals surface area contributed by atoms with E-state index in [1.165, 1.54) is 10.9 Å². The van der Waals surface area contributed by atoms with Crippen LogP contribution in [0.5, 0.6) is 5.75 Å². The number of nitrogens with zero attached hydrogens (tertiary/aromatic N) is 1. The number of rotatable bonds is 4. The van der Waals surface area contributed by atoms with Gasteiger partial charge in [-0.05, 0) is 29.8 Å². The summed E-state index contributed by atoms with van der Waals surface area (Å²) < 4.78 is 7.96. The number of fused-ring (bicyclic) bond motifs is 1. The Morgan fingerprint density at radius 2 is 1.95 bits per heavy atom. The number of benzene rings is 2. The van der Waals surface area contributed by atoms with Crippen LogP contribution in [0.25, 0.3) is 10.9 Å². The molecule has 0 aliphatic carbocycles. The smallest absolute Gasteiger partial charge is 0.128 e. The van der Waals surface area contributed by atoms with Crippen LogP contribution in [0.2, 0.25) is 5.02 Å². The van der Waals surface area contributed by atoms with E-state index in [-0.39, 0.29) is 0 Å². The van der Waals surface area contributed by atoms with E-state index in [0.29, 0.717) is 18.2 Å². The number of hydrogen-bond donors (Lipinski definition) is 1. The summed E-state index contributed by atoms with van der Waals surface area (Å²) in [6.45, 7) is 1.03. The lowest BCUT2D eigenvalue weighted by atomic mass is 10.1. The molecule has 0 radical (unpaired) electrons. The van der Waals surface area contributed by atoms with Gasteiger partial charge >= 0.3 is 0 Å². The van der Waals surface area contributed by atoms with Crippen LogP contribution in [0.15, 0.2) is 48.5 Å². The Balaban J connectivity index is 1.89. The quantitative estimate of drug-likeness (QED) is 0.794. The van der Waals surface area contributed by atoms with Crippen LogP contribution >= 0.6 is 11.6 Å². The Hall–Kier alpha value is -1.97. The van der Waals surface area contributed by atoms with Crippen LogP contribution in [0.4, 0.5) is 0 Å². The molecule has 0 saturated carbocycles. The van der Waals surface area contributed by atoms with Gasteiger partial charge in [-0.15, -0.1) is 0 Å². The molecule has 3 rings (SSSR count). The zero-order valence-electron chi connectivity index (χ0n) is 11.8. The molecule has 108 valence electrons. The molecule has 3 nitrogen and oxygen atoms in total. The molecule has 1 heterocycles. The average molecular weight is 301 g/mol. The lowest BCUT2D eigenvalue weighted by Gasteiger charge is -2.09. The summed E-state index contributed by atoms with van der Waals surface area (Å²) in [6.07, 6.45) is 0. The van der Waals surface area contributed by atoms with E-state index in [4.69, 9.17) is 22.1 Å². The largest absolute Gasteiger partial charge is 0.487 e. The number of ether oxygens (including phenoxy) is 1. The maximum absolute atomic E-state index is 5.96. The molecule has 0 atom stereocenters. The number of halogens is 1. The van der Waals surface area contributed by atoms with Gasteiger partial charge in [0, 0.05) is 24.0 Å². The highest BCUT2D eigenvalue weighted by Gasteiger charge is 2.09. The second-order valence-electron chi connectivity index (χ2n) is 5.00. The summed E-state index contributed by atoms with van der Waals surface area (Å²) >= 11 is 5.96. The van der Waals surface area contributed by atoms with Crippen molar-refractivity contribution in [2.24, 2.45) is 12.8 Å². The molecule has 2 N–H and O–H groups in total. The second-order valence-corrected chi connectivity index (χ2v) is 5.44. The fourth-order valence-corrected chi connectivity index (χ4v) is 2.75. The van der Waals surface area contributed by atoms with E-state index in [0.717, 1.165) is 17.0 Å². The van der Waals surface area contributed by atoms with Crippen LogP contribution in [0, 0.1) is 0 Å². The third-order valence-electron chi connectivity index (χ3n) is 3.64. The van der Waals surface area contributed by atoms with Gasteiger partial charge in [0.25, 0.3) is 0 Å².